The fraction of sp³-hybridized carbons (Fsp3) is 0.611. The van der Waals surface area contributed by atoms with Crippen molar-refractivity contribution >= 4 is 12.4 Å². The Morgan fingerprint density at radius 3 is 2.42 bits per heavy atom. The lowest BCUT2D eigenvalue weighted by molar-refractivity contribution is 0.112. The topological polar surface area (TPSA) is 73.7 Å². The van der Waals surface area contributed by atoms with Gasteiger partial charge in [-0.05, 0) is 63.7 Å². The first kappa shape index (κ1) is 18.4. The molecule has 1 aromatic heterocycles. The van der Waals surface area contributed by atoms with Crippen LogP contribution in [-0.4, -0.2) is 59.5 Å². The van der Waals surface area contributed by atoms with Gasteiger partial charge in [-0.3, -0.25) is 9.78 Å². The van der Waals surface area contributed by atoms with Crippen LogP contribution in [-0.2, 0) is 6.54 Å². The number of nitrogens with zero attached hydrogens (tertiary/aromatic N) is 3. The van der Waals surface area contributed by atoms with Gasteiger partial charge in [-0.1, -0.05) is 0 Å². The predicted molar refractivity (Wildman–Crippen MR) is 92.1 cm³/mol. The maximum absolute atomic E-state index is 11.6. The highest BCUT2D eigenvalue weighted by atomic mass is 16.4. The summed E-state index contributed by atoms with van der Waals surface area (Å²) in [6.45, 7) is 1.88. The van der Waals surface area contributed by atoms with Crippen molar-refractivity contribution in [1.29, 1.82) is 0 Å². The standard InChI is InChI=1S/C18H27N3O3/c1-20(2)10-14-3-5-15(6-4-14)11-21(18(23)24)12-17-9-16(13-22)7-8-19-17/h7-9,13-15H,3-6,10-12H2,1-2H3,(H,23,24). The van der Waals surface area contributed by atoms with E-state index in [1.165, 1.54) is 4.90 Å². The monoisotopic (exact) mass is 333 g/mol. The van der Waals surface area contributed by atoms with Crippen molar-refractivity contribution in [2.75, 3.05) is 27.2 Å². The van der Waals surface area contributed by atoms with Crippen LogP contribution in [0.3, 0.4) is 0 Å². The van der Waals surface area contributed by atoms with E-state index >= 15 is 0 Å². The normalized spacial score (nSPS) is 20.8. The number of carboxylic acid groups (broad SMARTS) is 1. The Labute approximate surface area is 143 Å². The van der Waals surface area contributed by atoms with Crippen LogP contribution in [0.2, 0.25) is 0 Å². The average molecular weight is 333 g/mol. The van der Waals surface area contributed by atoms with Gasteiger partial charge in [0.2, 0.25) is 0 Å². The maximum atomic E-state index is 11.6. The predicted octanol–water partition coefficient (Wildman–Crippen LogP) is 2.74. The quantitative estimate of drug-likeness (QED) is 0.777. The van der Waals surface area contributed by atoms with Crippen LogP contribution in [0.15, 0.2) is 18.3 Å². The molecule has 132 valence electrons. The molecular weight excluding hydrogens is 306 g/mol. The molecule has 1 aliphatic rings. The summed E-state index contributed by atoms with van der Waals surface area (Å²) in [7, 11) is 4.19. The number of pyridine rings is 1. The average Bonchev–Trinajstić information content (AvgIpc) is 2.55. The summed E-state index contributed by atoms with van der Waals surface area (Å²) < 4.78 is 0. The van der Waals surface area contributed by atoms with Crippen LogP contribution >= 0.6 is 0 Å². The van der Waals surface area contributed by atoms with Gasteiger partial charge in [-0.2, -0.15) is 0 Å². The second-order valence-corrected chi connectivity index (χ2v) is 7.01. The van der Waals surface area contributed by atoms with Gasteiger partial charge in [-0.15, -0.1) is 0 Å². The minimum absolute atomic E-state index is 0.231. The molecule has 0 bridgehead atoms. The van der Waals surface area contributed by atoms with E-state index in [0.717, 1.165) is 44.4 Å². The van der Waals surface area contributed by atoms with Crippen LogP contribution in [0.25, 0.3) is 0 Å². The largest absolute Gasteiger partial charge is 0.465 e. The number of hydrogen-bond donors (Lipinski definition) is 1. The molecule has 2 rings (SSSR count). The number of amides is 1. The van der Waals surface area contributed by atoms with Gasteiger partial charge in [0.1, 0.15) is 6.29 Å². The number of carbonyl (C=O) groups excluding carboxylic acids is 1. The third-order valence-electron chi connectivity index (χ3n) is 4.67. The summed E-state index contributed by atoms with van der Waals surface area (Å²) in [4.78, 5) is 30.2. The Hall–Kier alpha value is -1.95. The van der Waals surface area contributed by atoms with Crippen LogP contribution in [0.4, 0.5) is 4.79 Å². The van der Waals surface area contributed by atoms with Crippen LogP contribution in [0.1, 0.15) is 41.7 Å². The molecule has 6 nitrogen and oxygen atoms in total. The Morgan fingerprint density at radius 1 is 1.25 bits per heavy atom. The summed E-state index contributed by atoms with van der Waals surface area (Å²) in [5, 5.41) is 9.48. The summed E-state index contributed by atoms with van der Waals surface area (Å²) in [6.07, 6.45) is 5.84. The lowest BCUT2D eigenvalue weighted by Gasteiger charge is -2.32. The van der Waals surface area contributed by atoms with Gasteiger partial charge in [-0.25, -0.2) is 4.79 Å². The molecule has 1 aromatic rings. The van der Waals surface area contributed by atoms with Gasteiger partial charge >= 0.3 is 6.09 Å². The number of aldehydes is 1. The lowest BCUT2D eigenvalue weighted by Crippen LogP contribution is -2.36. The van der Waals surface area contributed by atoms with Crippen molar-refractivity contribution < 1.29 is 14.7 Å². The minimum atomic E-state index is -0.927. The van der Waals surface area contributed by atoms with Gasteiger partial charge in [0.25, 0.3) is 0 Å². The van der Waals surface area contributed by atoms with E-state index in [9.17, 15) is 14.7 Å². The zero-order chi connectivity index (χ0) is 17.5. The Morgan fingerprint density at radius 2 is 1.88 bits per heavy atom. The molecule has 24 heavy (non-hydrogen) atoms. The van der Waals surface area contributed by atoms with E-state index in [2.05, 4.69) is 24.0 Å². The fourth-order valence-corrected chi connectivity index (χ4v) is 3.49. The van der Waals surface area contributed by atoms with E-state index in [1.807, 2.05) is 0 Å². The molecule has 6 heteroatoms. The number of rotatable bonds is 7. The lowest BCUT2D eigenvalue weighted by atomic mass is 9.81. The highest BCUT2D eigenvalue weighted by Crippen LogP contribution is 2.30. The highest BCUT2D eigenvalue weighted by Gasteiger charge is 2.25. The van der Waals surface area contributed by atoms with Crippen LogP contribution in [0.5, 0.6) is 0 Å². The molecule has 0 radical (unpaired) electrons. The van der Waals surface area contributed by atoms with Gasteiger partial charge in [0.05, 0.1) is 12.2 Å². The van der Waals surface area contributed by atoms with E-state index < -0.39 is 6.09 Å². The molecule has 1 saturated carbocycles. The van der Waals surface area contributed by atoms with Gasteiger partial charge in [0, 0.05) is 24.8 Å². The van der Waals surface area contributed by atoms with Crippen molar-refractivity contribution in [2.45, 2.75) is 32.2 Å². The molecule has 0 unspecified atom stereocenters. The molecule has 0 atom stereocenters. The van der Waals surface area contributed by atoms with Gasteiger partial charge < -0.3 is 14.9 Å². The smallest absolute Gasteiger partial charge is 0.407 e. The molecule has 1 fully saturated rings. The summed E-state index contributed by atoms with van der Waals surface area (Å²) >= 11 is 0. The molecule has 1 heterocycles. The third kappa shape index (κ3) is 5.60. The molecule has 0 aliphatic heterocycles. The number of hydrogen-bond acceptors (Lipinski definition) is 4. The Kier molecular flexibility index (Phi) is 6.73. The molecule has 1 aliphatic carbocycles. The van der Waals surface area contributed by atoms with E-state index in [1.54, 1.807) is 18.3 Å². The molecule has 0 saturated heterocycles. The van der Waals surface area contributed by atoms with Gasteiger partial charge in [0.15, 0.2) is 0 Å². The molecule has 0 aromatic carbocycles. The number of carbonyl (C=O) groups is 2. The molecule has 1 amide bonds. The first-order chi connectivity index (χ1) is 11.5. The van der Waals surface area contributed by atoms with E-state index in [0.29, 0.717) is 23.7 Å². The second-order valence-electron chi connectivity index (χ2n) is 7.01. The maximum Gasteiger partial charge on any atom is 0.407 e. The Bertz CT molecular complexity index is 554. The molecular formula is C18H27N3O3. The Balaban J connectivity index is 1.90. The van der Waals surface area contributed by atoms with Crippen LogP contribution < -0.4 is 0 Å². The number of aromatic nitrogens is 1. The molecule has 0 spiro atoms. The SMILES string of the molecule is CN(C)CC1CCC(CN(Cc2cc(C=O)ccn2)C(=O)O)CC1. The van der Waals surface area contributed by atoms with Crippen molar-refractivity contribution in [2.24, 2.45) is 11.8 Å². The second kappa shape index (κ2) is 8.78. The first-order valence-electron chi connectivity index (χ1n) is 8.50. The summed E-state index contributed by atoms with van der Waals surface area (Å²) in [5.74, 6) is 1.13. The van der Waals surface area contributed by atoms with Crippen molar-refractivity contribution in [3.05, 3.63) is 29.6 Å². The minimum Gasteiger partial charge on any atom is -0.465 e. The first-order valence-corrected chi connectivity index (χ1v) is 8.50. The summed E-state index contributed by atoms with van der Waals surface area (Å²) in [5.41, 5.74) is 1.14. The highest BCUT2D eigenvalue weighted by molar-refractivity contribution is 5.74. The fourth-order valence-electron chi connectivity index (χ4n) is 3.49. The third-order valence-corrected chi connectivity index (χ3v) is 4.67. The zero-order valence-electron chi connectivity index (χ0n) is 14.5. The summed E-state index contributed by atoms with van der Waals surface area (Å²) in [6, 6.07) is 3.27. The van der Waals surface area contributed by atoms with Crippen molar-refractivity contribution in [3.8, 4) is 0 Å². The van der Waals surface area contributed by atoms with E-state index in [-0.39, 0.29) is 6.54 Å². The molecule has 1 N–H and O–H groups in total. The van der Waals surface area contributed by atoms with Crippen LogP contribution in [0, 0.1) is 11.8 Å². The van der Waals surface area contributed by atoms with Crippen molar-refractivity contribution in [1.82, 2.24) is 14.8 Å². The zero-order valence-corrected chi connectivity index (χ0v) is 14.5. The van der Waals surface area contributed by atoms with Crippen molar-refractivity contribution in [3.63, 3.8) is 0 Å². The van der Waals surface area contributed by atoms with E-state index in [4.69, 9.17) is 0 Å².